The van der Waals surface area contributed by atoms with E-state index in [4.69, 9.17) is 0 Å². The van der Waals surface area contributed by atoms with E-state index in [2.05, 4.69) is 6.58 Å². The Labute approximate surface area is 53.2 Å². The predicted molar refractivity (Wildman–Crippen MR) is 35.8 cm³/mol. The highest BCUT2D eigenvalue weighted by molar-refractivity contribution is 8.04. The molecule has 0 spiro atoms. The first-order chi connectivity index (χ1) is 3.70. The monoisotopic (exact) mass is 128 g/mol. The van der Waals surface area contributed by atoms with Crippen LogP contribution >= 0.6 is 11.8 Å². The number of allylic oxidation sites excluding steroid dienone is 1. The van der Waals surface area contributed by atoms with Crippen molar-refractivity contribution in [3.05, 3.63) is 11.5 Å². The molecule has 0 saturated carbocycles. The van der Waals surface area contributed by atoms with Crippen LogP contribution in [0.25, 0.3) is 0 Å². The Morgan fingerprint density at radius 3 is 2.62 bits per heavy atom. The number of ketones is 1. The standard InChI is InChI=1S/C6H8OS/c1-4-3-6(7)5(2)8-4/h5H,1,3H2,2H3/t5-/m1/s1. The lowest BCUT2D eigenvalue weighted by Crippen LogP contribution is -2.03. The van der Waals surface area contributed by atoms with Crippen molar-refractivity contribution < 1.29 is 4.79 Å². The predicted octanol–water partition coefficient (Wildman–Crippen LogP) is 1.59. The summed E-state index contributed by atoms with van der Waals surface area (Å²) >= 11 is 1.58. The van der Waals surface area contributed by atoms with Gasteiger partial charge in [-0.1, -0.05) is 6.58 Å². The lowest BCUT2D eigenvalue weighted by molar-refractivity contribution is -0.117. The van der Waals surface area contributed by atoms with Gasteiger partial charge in [0.15, 0.2) is 5.78 Å². The highest BCUT2D eigenvalue weighted by Gasteiger charge is 2.22. The second-order valence-electron chi connectivity index (χ2n) is 1.94. The molecule has 0 unspecified atom stereocenters. The van der Waals surface area contributed by atoms with Crippen molar-refractivity contribution in [2.24, 2.45) is 0 Å². The molecular formula is C6H8OS. The average Bonchev–Trinajstić information content (AvgIpc) is 1.85. The van der Waals surface area contributed by atoms with Crippen LogP contribution in [0.1, 0.15) is 13.3 Å². The fourth-order valence-electron chi connectivity index (χ4n) is 0.695. The first-order valence-corrected chi connectivity index (χ1v) is 3.45. The molecule has 44 valence electrons. The van der Waals surface area contributed by atoms with E-state index in [1.807, 2.05) is 6.92 Å². The number of thioether (sulfide) groups is 1. The second kappa shape index (κ2) is 1.94. The molecule has 1 saturated heterocycles. The lowest BCUT2D eigenvalue weighted by atomic mass is 10.2. The highest BCUT2D eigenvalue weighted by atomic mass is 32.2. The van der Waals surface area contributed by atoms with Crippen LogP contribution in [0.5, 0.6) is 0 Å². The van der Waals surface area contributed by atoms with Crippen LogP contribution in [0.3, 0.4) is 0 Å². The van der Waals surface area contributed by atoms with E-state index in [1.165, 1.54) is 0 Å². The number of Topliss-reactive ketones (excluding diaryl/α,β-unsaturated/α-hetero) is 1. The van der Waals surface area contributed by atoms with Crippen LogP contribution in [-0.4, -0.2) is 11.0 Å². The van der Waals surface area contributed by atoms with Crippen molar-refractivity contribution in [1.29, 1.82) is 0 Å². The van der Waals surface area contributed by atoms with E-state index in [1.54, 1.807) is 11.8 Å². The molecule has 1 aliphatic heterocycles. The van der Waals surface area contributed by atoms with Gasteiger partial charge in [0.05, 0.1) is 5.25 Å². The van der Waals surface area contributed by atoms with Crippen molar-refractivity contribution in [2.75, 3.05) is 0 Å². The normalized spacial score (nSPS) is 29.4. The van der Waals surface area contributed by atoms with E-state index in [9.17, 15) is 4.79 Å². The summed E-state index contributed by atoms with van der Waals surface area (Å²) in [6, 6.07) is 0. The third-order valence-electron chi connectivity index (χ3n) is 1.17. The molecule has 1 heterocycles. The average molecular weight is 128 g/mol. The Bertz CT molecular complexity index is 139. The number of carbonyl (C=O) groups is 1. The minimum absolute atomic E-state index is 0.169. The largest absolute Gasteiger partial charge is 0.298 e. The van der Waals surface area contributed by atoms with Crippen molar-refractivity contribution in [3.8, 4) is 0 Å². The fraction of sp³-hybridized carbons (Fsp3) is 0.500. The summed E-state index contributed by atoms with van der Waals surface area (Å²) < 4.78 is 0. The zero-order valence-corrected chi connectivity index (χ0v) is 5.62. The quantitative estimate of drug-likeness (QED) is 0.493. The summed E-state index contributed by atoms with van der Waals surface area (Å²) in [5, 5.41) is 0.169. The van der Waals surface area contributed by atoms with Crippen molar-refractivity contribution >= 4 is 17.5 Å². The van der Waals surface area contributed by atoms with E-state index in [-0.39, 0.29) is 5.25 Å². The van der Waals surface area contributed by atoms with Crippen molar-refractivity contribution in [1.82, 2.24) is 0 Å². The Morgan fingerprint density at radius 2 is 2.50 bits per heavy atom. The molecule has 1 nitrogen and oxygen atoms in total. The fourth-order valence-corrected chi connectivity index (χ4v) is 1.64. The molecule has 1 fully saturated rings. The van der Waals surface area contributed by atoms with Gasteiger partial charge in [-0.05, 0) is 11.8 Å². The summed E-state index contributed by atoms with van der Waals surface area (Å²) in [4.78, 5) is 11.7. The zero-order chi connectivity index (χ0) is 6.15. The van der Waals surface area contributed by atoms with Crippen LogP contribution in [0.15, 0.2) is 11.5 Å². The lowest BCUT2D eigenvalue weighted by Gasteiger charge is -1.91. The molecule has 0 aromatic heterocycles. The highest BCUT2D eigenvalue weighted by Crippen LogP contribution is 2.32. The third kappa shape index (κ3) is 0.944. The Morgan fingerprint density at radius 1 is 1.88 bits per heavy atom. The molecule has 1 atom stereocenters. The Hall–Kier alpha value is -0.240. The third-order valence-corrected chi connectivity index (χ3v) is 2.26. The summed E-state index contributed by atoms with van der Waals surface area (Å²) in [5.74, 6) is 0.319. The maximum absolute atomic E-state index is 10.7. The maximum Gasteiger partial charge on any atom is 0.150 e. The molecular weight excluding hydrogens is 120 g/mol. The molecule has 0 aliphatic carbocycles. The van der Waals surface area contributed by atoms with Gasteiger partial charge in [-0.15, -0.1) is 11.8 Å². The number of rotatable bonds is 0. The molecule has 0 aromatic carbocycles. The van der Waals surface area contributed by atoms with Crippen LogP contribution in [-0.2, 0) is 4.79 Å². The van der Waals surface area contributed by atoms with Gasteiger partial charge in [0.2, 0.25) is 0 Å². The second-order valence-corrected chi connectivity index (χ2v) is 3.46. The molecule has 0 aromatic rings. The van der Waals surface area contributed by atoms with Crippen LogP contribution in [0.4, 0.5) is 0 Å². The molecule has 1 aliphatic rings. The first kappa shape index (κ1) is 5.89. The number of hydrogen-bond donors (Lipinski definition) is 0. The molecule has 8 heavy (non-hydrogen) atoms. The molecule has 0 radical (unpaired) electrons. The smallest absolute Gasteiger partial charge is 0.150 e. The Kier molecular flexibility index (Phi) is 1.43. The van der Waals surface area contributed by atoms with Crippen molar-refractivity contribution in [2.45, 2.75) is 18.6 Å². The Balaban J connectivity index is 2.64. The number of carbonyl (C=O) groups excluding carboxylic acids is 1. The van der Waals surface area contributed by atoms with Gasteiger partial charge in [0, 0.05) is 6.42 Å². The molecule has 0 amide bonds. The van der Waals surface area contributed by atoms with E-state index < -0.39 is 0 Å². The summed E-state index contributed by atoms with van der Waals surface area (Å²) in [6.45, 7) is 5.62. The molecule has 0 N–H and O–H groups in total. The molecule has 2 heteroatoms. The first-order valence-electron chi connectivity index (χ1n) is 2.57. The summed E-state index contributed by atoms with van der Waals surface area (Å²) in [5.41, 5.74) is 0. The molecule has 1 rings (SSSR count). The van der Waals surface area contributed by atoms with Gasteiger partial charge in [-0.2, -0.15) is 0 Å². The minimum atomic E-state index is 0.169. The van der Waals surface area contributed by atoms with Gasteiger partial charge in [0.1, 0.15) is 0 Å². The van der Waals surface area contributed by atoms with E-state index in [0.29, 0.717) is 12.2 Å². The van der Waals surface area contributed by atoms with E-state index in [0.717, 1.165) is 4.91 Å². The van der Waals surface area contributed by atoms with E-state index >= 15 is 0 Å². The summed E-state index contributed by atoms with van der Waals surface area (Å²) in [6.07, 6.45) is 0.589. The SMILES string of the molecule is C=C1CC(=O)[C@@H](C)S1. The topological polar surface area (TPSA) is 17.1 Å². The van der Waals surface area contributed by atoms with Crippen molar-refractivity contribution in [3.63, 3.8) is 0 Å². The van der Waals surface area contributed by atoms with Gasteiger partial charge in [-0.25, -0.2) is 0 Å². The zero-order valence-electron chi connectivity index (χ0n) is 4.81. The van der Waals surface area contributed by atoms with Crippen LogP contribution < -0.4 is 0 Å². The number of hydrogen-bond acceptors (Lipinski definition) is 2. The van der Waals surface area contributed by atoms with Crippen LogP contribution in [0, 0.1) is 0 Å². The van der Waals surface area contributed by atoms with Gasteiger partial charge >= 0.3 is 0 Å². The minimum Gasteiger partial charge on any atom is -0.298 e. The maximum atomic E-state index is 10.7. The van der Waals surface area contributed by atoms with Gasteiger partial charge < -0.3 is 0 Å². The molecule has 0 bridgehead atoms. The van der Waals surface area contributed by atoms with Gasteiger partial charge in [0.25, 0.3) is 0 Å². The summed E-state index contributed by atoms with van der Waals surface area (Å²) in [7, 11) is 0. The van der Waals surface area contributed by atoms with Gasteiger partial charge in [-0.3, -0.25) is 4.79 Å². The van der Waals surface area contributed by atoms with Crippen LogP contribution in [0.2, 0.25) is 0 Å².